The molecular weight excluding hydrogens is 432 g/mol. The highest BCUT2D eigenvalue weighted by atomic mass is 16.5. The molecule has 2 rings (SSSR count). The molecule has 0 radical (unpaired) electrons. The van der Waals surface area contributed by atoms with Gasteiger partial charge in [0.25, 0.3) is 5.91 Å². The minimum Gasteiger partial charge on any atom is -0.484 e. The van der Waals surface area contributed by atoms with Gasteiger partial charge in [-0.25, -0.2) is 4.79 Å². The topological polar surface area (TPSA) is 158 Å². The number of carboxylic acids is 2. The zero-order valence-electron chi connectivity index (χ0n) is 18.1. The Morgan fingerprint density at radius 1 is 0.970 bits per heavy atom. The number of hydrogen-bond donors (Lipinski definition) is 3. The van der Waals surface area contributed by atoms with Gasteiger partial charge in [-0.15, -0.1) is 5.11 Å². The van der Waals surface area contributed by atoms with Crippen LogP contribution in [0.15, 0.2) is 58.9 Å². The van der Waals surface area contributed by atoms with Crippen molar-refractivity contribution in [2.75, 3.05) is 20.7 Å². The van der Waals surface area contributed by atoms with Crippen molar-refractivity contribution in [2.45, 2.75) is 18.9 Å². The molecule has 33 heavy (non-hydrogen) atoms. The number of aliphatic carboxylic acids is 2. The van der Waals surface area contributed by atoms with Crippen molar-refractivity contribution < 1.29 is 34.1 Å². The number of rotatable bonds is 12. The first-order valence-electron chi connectivity index (χ1n) is 9.86. The molecule has 0 spiro atoms. The second kappa shape index (κ2) is 11.9. The fraction of sp³-hybridized carbons (Fsp3) is 0.273. The molecule has 0 saturated carbocycles. The number of nitrogens with zero attached hydrogens (tertiary/aromatic N) is 3. The molecule has 174 valence electrons. The summed E-state index contributed by atoms with van der Waals surface area (Å²) in [5, 5.41) is 29.4. The summed E-state index contributed by atoms with van der Waals surface area (Å²) in [5.41, 5.74) is 1.48. The van der Waals surface area contributed by atoms with Gasteiger partial charge in [0.15, 0.2) is 12.4 Å². The molecule has 0 aliphatic heterocycles. The Morgan fingerprint density at radius 2 is 1.55 bits per heavy atom. The van der Waals surface area contributed by atoms with Crippen molar-refractivity contribution in [3.8, 4) is 5.75 Å². The molecular formula is C22H24N4O7. The molecule has 0 fully saturated rings. The van der Waals surface area contributed by atoms with E-state index in [-0.39, 0.29) is 12.2 Å². The van der Waals surface area contributed by atoms with Crippen LogP contribution in [-0.2, 0) is 14.4 Å². The summed E-state index contributed by atoms with van der Waals surface area (Å²) in [6.07, 6.45) is -0.636. The second-order valence-corrected chi connectivity index (χ2v) is 7.12. The SMILES string of the molecule is CN(C)N=Nc1ccc(C(=O)c2ccc(OCC(=O)NC(CCC(=O)O)C(=O)O)cc2)cc1. The summed E-state index contributed by atoms with van der Waals surface area (Å²) in [4.78, 5) is 46.3. The van der Waals surface area contributed by atoms with E-state index in [0.29, 0.717) is 22.6 Å². The molecule has 3 N–H and O–H groups in total. The summed E-state index contributed by atoms with van der Waals surface area (Å²) in [6.45, 7) is -0.465. The van der Waals surface area contributed by atoms with Crippen molar-refractivity contribution in [1.29, 1.82) is 0 Å². The molecule has 0 heterocycles. The van der Waals surface area contributed by atoms with Crippen LogP contribution in [0.4, 0.5) is 5.69 Å². The maximum atomic E-state index is 12.6. The minimum atomic E-state index is -1.33. The molecule has 2 aromatic carbocycles. The fourth-order valence-electron chi connectivity index (χ4n) is 2.60. The van der Waals surface area contributed by atoms with Crippen LogP contribution in [0, 0.1) is 0 Å². The Balaban J connectivity index is 1.91. The second-order valence-electron chi connectivity index (χ2n) is 7.12. The lowest BCUT2D eigenvalue weighted by Crippen LogP contribution is -2.43. The number of amides is 1. The first-order chi connectivity index (χ1) is 15.7. The lowest BCUT2D eigenvalue weighted by Gasteiger charge is -2.14. The summed E-state index contributed by atoms with van der Waals surface area (Å²) >= 11 is 0. The van der Waals surface area contributed by atoms with Gasteiger partial charge in [-0.05, 0) is 55.0 Å². The van der Waals surface area contributed by atoms with Gasteiger partial charge in [0, 0.05) is 31.6 Å². The van der Waals surface area contributed by atoms with Crippen LogP contribution < -0.4 is 10.1 Å². The van der Waals surface area contributed by atoms with Gasteiger partial charge >= 0.3 is 11.9 Å². The third-order valence-electron chi connectivity index (χ3n) is 4.24. The van der Waals surface area contributed by atoms with Gasteiger partial charge in [-0.3, -0.25) is 19.4 Å². The highest BCUT2D eigenvalue weighted by Crippen LogP contribution is 2.18. The summed E-state index contributed by atoms with van der Waals surface area (Å²) in [5.74, 6) is -3.11. The van der Waals surface area contributed by atoms with Crippen LogP contribution in [0.3, 0.4) is 0 Å². The lowest BCUT2D eigenvalue weighted by molar-refractivity contribution is -0.143. The maximum absolute atomic E-state index is 12.6. The molecule has 1 amide bonds. The van der Waals surface area contributed by atoms with Crippen LogP contribution in [-0.4, -0.2) is 65.6 Å². The van der Waals surface area contributed by atoms with E-state index in [9.17, 15) is 19.2 Å². The zero-order chi connectivity index (χ0) is 24.4. The van der Waals surface area contributed by atoms with Crippen molar-refractivity contribution in [3.63, 3.8) is 0 Å². The quantitative estimate of drug-likeness (QED) is 0.249. The third kappa shape index (κ3) is 8.40. The van der Waals surface area contributed by atoms with E-state index < -0.39 is 36.9 Å². The van der Waals surface area contributed by atoms with Gasteiger partial charge in [0.2, 0.25) is 0 Å². The highest BCUT2D eigenvalue weighted by Gasteiger charge is 2.21. The van der Waals surface area contributed by atoms with Crippen molar-refractivity contribution in [3.05, 3.63) is 59.7 Å². The van der Waals surface area contributed by atoms with Crippen molar-refractivity contribution in [2.24, 2.45) is 10.3 Å². The number of carbonyl (C=O) groups excluding carboxylic acids is 2. The molecule has 2 aromatic rings. The van der Waals surface area contributed by atoms with E-state index in [0.717, 1.165) is 0 Å². The lowest BCUT2D eigenvalue weighted by atomic mass is 10.0. The average molecular weight is 456 g/mol. The summed E-state index contributed by atoms with van der Waals surface area (Å²) < 4.78 is 5.32. The van der Waals surface area contributed by atoms with Crippen LogP contribution in [0.25, 0.3) is 0 Å². The van der Waals surface area contributed by atoms with E-state index in [1.54, 1.807) is 55.5 Å². The van der Waals surface area contributed by atoms with Crippen molar-refractivity contribution in [1.82, 2.24) is 10.3 Å². The molecule has 1 unspecified atom stereocenters. The fourth-order valence-corrected chi connectivity index (χ4v) is 2.60. The Kier molecular flexibility index (Phi) is 9.04. The van der Waals surface area contributed by atoms with E-state index in [1.807, 2.05) is 0 Å². The number of carboxylic acid groups (broad SMARTS) is 2. The predicted molar refractivity (Wildman–Crippen MR) is 116 cm³/mol. The van der Waals surface area contributed by atoms with E-state index >= 15 is 0 Å². The number of nitrogens with one attached hydrogen (secondary N) is 1. The van der Waals surface area contributed by atoms with Gasteiger partial charge < -0.3 is 20.3 Å². The first kappa shape index (κ1) is 25.0. The molecule has 0 aromatic heterocycles. The molecule has 0 aliphatic rings. The maximum Gasteiger partial charge on any atom is 0.326 e. The Bertz CT molecular complexity index is 1020. The Morgan fingerprint density at radius 3 is 2.06 bits per heavy atom. The van der Waals surface area contributed by atoms with Gasteiger partial charge in [0.05, 0.1) is 5.69 Å². The van der Waals surface area contributed by atoms with E-state index in [1.165, 1.54) is 12.1 Å². The number of hydrogen-bond acceptors (Lipinski definition) is 7. The highest BCUT2D eigenvalue weighted by molar-refractivity contribution is 6.09. The Labute approximate surface area is 189 Å². The summed E-state index contributed by atoms with van der Waals surface area (Å²) in [7, 11) is 3.49. The normalized spacial score (nSPS) is 11.6. The van der Waals surface area contributed by atoms with Crippen LogP contribution >= 0.6 is 0 Å². The minimum absolute atomic E-state index is 0.210. The number of ketones is 1. The molecule has 11 nitrogen and oxygen atoms in total. The zero-order valence-corrected chi connectivity index (χ0v) is 18.1. The smallest absolute Gasteiger partial charge is 0.326 e. The van der Waals surface area contributed by atoms with Crippen LogP contribution in [0.1, 0.15) is 28.8 Å². The van der Waals surface area contributed by atoms with Crippen molar-refractivity contribution >= 4 is 29.3 Å². The Hall–Kier alpha value is -4.28. The largest absolute Gasteiger partial charge is 0.484 e. The average Bonchev–Trinajstić information content (AvgIpc) is 2.79. The molecule has 0 saturated heterocycles. The first-order valence-corrected chi connectivity index (χ1v) is 9.86. The van der Waals surface area contributed by atoms with Gasteiger partial charge in [-0.1, -0.05) is 5.22 Å². The van der Waals surface area contributed by atoms with E-state index in [2.05, 4.69) is 15.7 Å². The predicted octanol–water partition coefficient (Wildman–Crippen LogP) is 2.29. The molecule has 0 aliphatic carbocycles. The molecule has 11 heteroatoms. The van der Waals surface area contributed by atoms with Gasteiger partial charge in [-0.2, -0.15) is 0 Å². The van der Waals surface area contributed by atoms with E-state index in [4.69, 9.17) is 14.9 Å². The molecule has 1 atom stereocenters. The molecule has 0 bridgehead atoms. The summed E-state index contributed by atoms with van der Waals surface area (Å²) in [6, 6.07) is 11.4. The number of ether oxygens (including phenoxy) is 1. The van der Waals surface area contributed by atoms with Crippen LogP contribution in [0.5, 0.6) is 5.75 Å². The third-order valence-corrected chi connectivity index (χ3v) is 4.24. The monoisotopic (exact) mass is 456 g/mol. The van der Waals surface area contributed by atoms with Gasteiger partial charge in [0.1, 0.15) is 11.8 Å². The van der Waals surface area contributed by atoms with Crippen LogP contribution in [0.2, 0.25) is 0 Å². The number of benzene rings is 2. The standard InChI is InChI=1S/C22H24N4O7/c1-26(2)25-24-16-7-3-14(4-8-16)21(30)15-5-9-17(10-6-15)33-13-19(27)23-18(22(31)32)11-12-20(28)29/h3-10,18H,11-13H2,1-2H3,(H,23,27)(H,28,29)(H,31,32). The number of carbonyl (C=O) groups is 4.